The molecule has 6 nitrogen and oxygen atoms in total. The average molecular weight is 386 g/mol. The Hall–Kier alpha value is -1.96. The number of carbonyl (C=O) groups excluding carboxylic acids is 1. The lowest BCUT2D eigenvalue weighted by atomic mass is 10.1. The second-order valence-electron chi connectivity index (χ2n) is 5.33. The van der Waals surface area contributed by atoms with E-state index < -0.39 is 27.2 Å². The van der Waals surface area contributed by atoms with E-state index >= 15 is 0 Å². The number of benzene rings is 2. The number of rotatable bonds is 4. The van der Waals surface area contributed by atoms with E-state index in [0.29, 0.717) is 27.0 Å². The predicted molar refractivity (Wildman–Crippen MR) is 94.8 cm³/mol. The van der Waals surface area contributed by atoms with Gasteiger partial charge in [-0.15, -0.1) is 0 Å². The summed E-state index contributed by atoms with van der Waals surface area (Å²) < 4.78 is 28.2. The molecule has 126 valence electrons. The Labute approximate surface area is 149 Å². The van der Waals surface area contributed by atoms with Crippen LogP contribution in [-0.2, 0) is 14.8 Å². The molecule has 2 aromatic carbocycles. The summed E-state index contributed by atoms with van der Waals surface area (Å²) >= 11 is 11.8. The van der Waals surface area contributed by atoms with Gasteiger partial charge in [0.2, 0.25) is 15.9 Å². The van der Waals surface area contributed by atoms with E-state index in [-0.39, 0.29) is 0 Å². The number of hydrogen-bond acceptors (Lipinski definition) is 4. The fourth-order valence-electron chi connectivity index (χ4n) is 2.67. The van der Waals surface area contributed by atoms with Crippen molar-refractivity contribution in [2.24, 2.45) is 5.73 Å². The fraction of sp³-hybridized carbons (Fsp3) is 0.133. The summed E-state index contributed by atoms with van der Waals surface area (Å²) in [7, 11) is -3.98. The highest BCUT2D eigenvalue weighted by atomic mass is 35.5. The van der Waals surface area contributed by atoms with Crippen molar-refractivity contribution in [3.05, 3.63) is 58.1 Å². The van der Waals surface area contributed by atoms with Gasteiger partial charge in [-0.3, -0.25) is 9.52 Å². The van der Waals surface area contributed by atoms with Gasteiger partial charge in [-0.05, 0) is 42.0 Å². The number of hydrogen-bond donors (Lipinski definition) is 3. The second-order valence-corrected chi connectivity index (χ2v) is 8.01. The maximum atomic E-state index is 12.9. The van der Waals surface area contributed by atoms with Crippen LogP contribution >= 0.6 is 23.2 Å². The molecule has 3 rings (SSSR count). The van der Waals surface area contributed by atoms with Gasteiger partial charge in [0, 0.05) is 21.4 Å². The van der Waals surface area contributed by atoms with Gasteiger partial charge in [0.1, 0.15) is 11.3 Å². The van der Waals surface area contributed by atoms with Crippen molar-refractivity contribution in [2.45, 2.75) is 11.3 Å². The largest absolute Gasteiger partial charge is 0.372 e. The number of amides is 1. The third kappa shape index (κ3) is 3.15. The minimum Gasteiger partial charge on any atom is -0.372 e. The molecule has 9 heteroatoms. The molecule has 0 spiro atoms. The lowest BCUT2D eigenvalue weighted by Crippen LogP contribution is -2.40. The molecule has 0 radical (unpaired) electrons. The van der Waals surface area contributed by atoms with E-state index in [0.717, 1.165) is 0 Å². The first kappa shape index (κ1) is 16.9. The molecule has 1 heterocycles. The topological polar surface area (TPSA) is 101 Å². The molecule has 1 aliphatic heterocycles. The van der Waals surface area contributed by atoms with Gasteiger partial charge in [0.25, 0.3) is 0 Å². The molecule has 2 unspecified atom stereocenters. The number of nitrogens with two attached hydrogens (primary N) is 1. The van der Waals surface area contributed by atoms with Crippen LogP contribution in [0.3, 0.4) is 0 Å². The molecule has 0 aliphatic carbocycles. The molecule has 0 saturated carbocycles. The number of primary amides is 1. The van der Waals surface area contributed by atoms with Crippen molar-refractivity contribution < 1.29 is 13.2 Å². The van der Waals surface area contributed by atoms with E-state index in [1.807, 2.05) is 0 Å². The number of sulfonamides is 1. The smallest absolute Gasteiger partial charge is 0.242 e. The van der Waals surface area contributed by atoms with Gasteiger partial charge in [-0.2, -0.15) is 0 Å². The van der Waals surface area contributed by atoms with Crippen LogP contribution in [0.1, 0.15) is 10.8 Å². The first-order chi connectivity index (χ1) is 11.3. The molecule has 0 aromatic heterocycles. The fourth-order valence-corrected chi connectivity index (χ4v) is 4.71. The molecule has 1 amide bonds. The van der Waals surface area contributed by atoms with Crippen molar-refractivity contribution in [1.29, 1.82) is 0 Å². The molecule has 4 N–H and O–H groups in total. The summed E-state index contributed by atoms with van der Waals surface area (Å²) in [5.41, 5.74) is 6.56. The van der Waals surface area contributed by atoms with Gasteiger partial charge < -0.3 is 11.1 Å². The van der Waals surface area contributed by atoms with E-state index in [2.05, 4.69) is 10.0 Å². The third-order valence-corrected chi connectivity index (χ3v) is 5.84. The minimum absolute atomic E-state index is 0.293. The Balaban J connectivity index is 2.04. The van der Waals surface area contributed by atoms with Gasteiger partial charge >= 0.3 is 0 Å². The highest BCUT2D eigenvalue weighted by molar-refractivity contribution is 7.93. The molecule has 2 aromatic rings. The third-order valence-electron chi connectivity index (χ3n) is 3.66. The molecule has 2 atom stereocenters. The number of carbonyl (C=O) groups is 1. The highest BCUT2D eigenvalue weighted by Gasteiger charge is 2.44. The Morgan fingerprint density at radius 3 is 2.50 bits per heavy atom. The zero-order valence-corrected chi connectivity index (χ0v) is 14.5. The monoisotopic (exact) mass is 385 g/mol. The highest BCUT2D eigenvalue weighted by Crippen LogP contribution is 2.41. The van der Waals surface area contributed by atoms with E-state index in [9.17, 15) is 13.2 Å². The maximum Gasteiger partial charge on any atom is 0.242 e. The van der Waals surface area contributed by atoms with Crippen molar-refractivity contribution in [1.82, 2.24) is 0 Å². The van der Waals surface area contributed by atoms with E-state index in [1.165, 1.54) is 12.1 Å². The number of nitrogens with one attached hydrogen (secondary N) is 2. The van der Waals surface area contributed by atoms with Crippen LogP contribution in [0.2, 0.25) is 10.0 Å². The van der Waals surface area contributed by atoms with Gasteiger partial charge in [0.15, 0.2) is 0 Å². The second kappa shape index (κ2) is 6.16. The molecule has 0 bridgehead atoms. The number of fused-ring (bicyclic) bond motifs is 1. The average Bonchev–Trinajstić information content (AvgIpc) is 2.86. The van der Waals surface area contributed by atoms with Crippen molar-refractivity contribution in [3.8, 4) is 0 Å². The minimum atomic E-state index is -3.98. The number of anilines is 2. The Kier molecular flexibility index (Phi) is 4.33. The Morgan fingerprint density at radius 2 is 1.83 bits per heavy atom. The molecular weight excluding hydrogens is 373 g/mol. The SMILES string of the molecule is NC(=O)C1Nc2ccc(Cl)cc2C1S(=O)(=O)Nc1cccc(Cl)c1. The summed E-state index contributed by atoms with van der Waals surface area (Å²) in [6, 6.07) is 9.89. The van der Waals surface area contributed by atoms with Crippen molar-refractivity contribution in [2.75, 3.05) is 10.0 Å². The summed E-state index contributed by atoms with van der Waals surface area (Å²) in [5, 5.41) is 2.38. The summed E-state index contributed by atoms with van der Waals surface area (Å²) in [4.78, 5) is 11.7. The predicted octanol–water partition coefficient (Wildman–Crippen LogP) is 2.76. The lowest BCUT2D eigenvalue weighted by molar-refractivity contribution is -0.118. The van der Waals surface area contributed by atoms with Crippen LogP contribution in [0.5, 0.6) is 0 Å². The molecule has 24 heavy (non-hydrogen) atoms. The zero-order valence-electron chi connectivity index (χ0n) is 12.2. The quantitative estimate of drug-likeness (QED) is 0.752. The maximum absolute atomic E-state index is 12.9. The van der Waals surface area contributed by atoms with Crippen molar-refractivity contribution in [3.63, 3.8) is 0 Å². The first-order valence-corrected chi connectivity index (χ1v) is 9.20. The number of halogens is 2. The van der Waals surface area contributed by atoms with Gasteiger partial charge in [-0.1, -0.05) is 29.3 Å². The Morgan fingerprint density at radius 1 is 1.12 bits per heavy atom. The molecule has 0 saturated heterocycles. The van der Waals surface area contributed by atoms with Gasteiger partial charge in [-0.25, -0.2) is 8.42 Å². The first-order valence-electron chi connectivity index (χ1n) is 6.90. The Bertz CT molecular complexity index is 918. The van der Waals surface area contributed by atoms with Crippen LogP contribution in [-0.4, -0.2) is 20.4 Å². The van der Waals surface area contributed by atoms with Crippen LogP contribution in [0.25, 0.3) is 0 Å². The normalized spacial score (nSPS) is 19.4. The van der Waals surface area contributed by atoms with E-state index in [4.69, 9.17) is 28.9 Å². The van der Waals surface area contributed by atoms with Crippen molar-refractivity contribution >= 4 is 50.5 Å². The zero-order chi connectivity index (χ0) is 17.5. The standard InChI is InChI=1S/C15H13Cl2N3O3S/c16-8-2-1-3-10(6-8)20-24(22,23)14-11-7-9(17)4-5-12(11)19-13(14)15(18)21/h1-7,13-14,19-20H,(H2,18,21). The summed E-state index contributed by atoms with van der Waals surface area (Å²) in [6.07, 6.45) is 0. The lowest BCUT2D eigenvalue weighted by Gasteiger charge is -2.19. The summed E-state index contributed by atoms with van der Waals surface area (Å²) in [5.74, 6) is -0.774. The van der Waals surface area contributed by atoms with E-state index in [1.54, 1.807) is 30.3 Å². The molecule has 0 fully saturated rings. The van der Waals surface area contributed by atoms with Crippen LogP contribution < -0.4 is 15.8 Å². The van der Waals surface area contributed by atoms with Crippen LogP contribution in [0, 0.1) is 0 Å². The van der Waals surface area contributed by atoms with Crippen LogP contribution in [0.15, 0.2) is 42.5 Å². The van der Waals surface area contributed by atoms with Crippen LogP contribution in [0.4, 0.5) is 11.4 Å². The molecule has 1 aliphatic rings. The molecular formula is C15H13Cl2N3O3S. The van der Waals surface area contributed by atoms with Gasteiger partial charge in [0.05, 0.1) is 0 Å². The summed E-state index contributed by atoms with van der Waals surface area (Å²) in [6.45, 7) is 0.